The van der Waals surface area contributed by atoms with Crippen LogP contribution in [0.3, 0.4) is 0 Å². The van der Waals surface area contributed by atoms with E-state index in [0.717, 1.165) is 18.2 Å². The maximum atomic E-state index is 11.3. The van der Waals surface area contributed by atoms with Crippen molar-refractivity contribution in [2.75, 3.05) is 11.4 Å². The maximum absolute atomic E-state index is 11.3. The minimum Gasteiger partial charge on any atom is -0.478 e. The van der Waals surface area contributed by atoms with E-state index in [4.69, 9.17) is 0 Å². The Balaban J connectivity index is 2.03. The van der Waals surface area contributed by atoms with E-state index in [1.165, 1.54) is 19.3 Å². The molecule has 0 radical (unpaired) electrons. The maximum Gasteiger partial charge on any atom is 0.338 e. The molecule has 1 saturated heterocycles. The van der Waals surface area contributed by atoms with Gasteiger partial charge in [0.25, 0.3) is 0 Å². The molecule has 4 heteroatoms. The van der Waals surface area contributed by atoms with E-state index in [0.29, 0.717) is 16.1 Å². The van der Waals surface area contributed by atoms with Gasteiger partial charge in [-0.15, -0.1) is 0 Å². The van der Waals surface area contributed by atoms with E-state index in [1.54, 1.807) is 6.07 Å². The highest BCUT2D eigenvalue weighted by atomic mass is 79.9. The van der Waals surface area contributed by atoms with Crippen LogP contribution in [0.4, 0.5) is 5.69 Å². The number of hydrogen-bond acceptors (Lipinski definition) is 2. The molecule has 1 aliphatic carbocycles. The molecule has 2 unspecified atom stereocenters. The van der Waals surface area contributed by atoms with Crippen molar-refractivity contribution >= 4 is 27.6 Å². The van der Waals surface area contributed by atoms with Gasteiger partial charge in [-0.05, 0) is 53.2 Å². The Morgan fingerprint density at radius 3 is 2.82 bits per heavy atom. The fourth-order valence-electron chi connectivity index (χ4n) is 3.18. The highest BCUT2D eigenvalue weighted by molar-refractivity contribution is 9.10. The van der Waals surface area contributed by atoms with Crippen LogP contribution in [0.2, 0.25) is 0 Å². The van der Waals surface area contributed by atoms with Gasteiger partial charge >= 0.3 is 5.97 Å². The van der Waals surface area contributed by atoms with Crippen molar-refractivity contribution in [2.45, 2.75) is 25.3 Å². The molecule has 1 heterocycles. The Morgan fingerprint density at radius 1 is 1.41 bits per heavy atom. The second kappa shape index (κ2) is 4.02. The number of piperidine rings is 1. The van der Waals surface area contributed by atoms with E-state index < -0.39 is 5.97 Å². The van der Waals surface area contributed by atoms with Gasteiger partial charge in [-0.3, -0.25) is 0 Å². The van der Waals surface area contributed by atoms with Crippen LogP contribution in [0.5, 0.6) is 0 Å². The minimum atomic E-state index is -0.852. The summed E-state index contributed by atoms with van der Waals surface area (Å²) < 4.78 is 0.672. The van der Waals surface area contributed by atoms with Crippen LogP contribution in [-0.4, -0.2) is 23.7 Å². The fourth-order valence-corrected chi connectivity index (χ4v) is 3.71. The normalized spacial score (nSPS) is 26.5. The molecule has 3 nitrogen and oxygen atoms in total. The molecule has 0 amide bonds. The average molecular weight is 296 g/mol. The summed E-state index contributed by atoms with van der Waals surface area (Å²) in [5, 5.41) is 9.32. The number of benzene rings is 1. The third-order valence-corrected chi connectivity index (χ3v) is 4.58. The number of fused-ring (bicyclic) bond motifs is 2. The lowest BCUT2D eigenvalue weighted by atomic mass is 10.1. The van der Waals surface area contributed by atoms with Gasteiger partial charge < -0.3 is 10.0 Å². The summed E-state index contributed by atoms with van der Waals surface area (Å²) in [5.74, 6) is -0.0872. The van der Waals surface area contributed by atoms with E-state index >= 15 is 0 Å². The van der Waals surface area contributed by atoms with Gasteiger partial charge in [0.2, 0.25) is 0 Å². The summed E-state index contributed by atoms with van der Waals surface area (Å²) in [7, 11) is 0. The predicted octanol–water partition coefficient (Wildman–Crippen LogP) is 3.14. The van der Waals surface area contributed by atoms with Crippen LogP contribution in [-0.2, 0) is 0 Å². The first-order valence-corrected chi connectivity index (χ1v) is 6.74. The zero-order valence-corrected chi connectivity index (χ0v) is 11.0. The first kappa shape index (κ1) is 11.1. The fraction of sp³-hybridized carbons (Fsp3) is 0.462. The summed E-state index contributed by atoms with van der Waals surface area (Å²) in [6.07, 6.45) is 3.74. The van der Waals surface area contributed by atoms with Crippen LogP contribution in [0, 0.1) is 5.92 Å². The molecular formula is C13H14BrNO2. The highest BCUT2D eigenvalue weighted by Gasteiger charge is 2.39. The molecule has 2 bridgehead atoms. The summed E-state index contributed by atoms with van der Waals surface area (Å²) in [6.45, 7) is 1.02. The standard InChI is InChI=1S/C13H14BrNO2/c14-10-2-1-3-11(12(10)13(16)17)15-7-8-4-5-9(15)6-8/h1-3,8-9H,4-7H2,(H,16,17). The van der Waals surface area contributed by atoms with Crippen molar-refractivity contribution in [2.24, 2.45) is 5.92 Å². The SMILES string of the molecule is O=C(O)c1c(Br)cccc1N1CC2CCC1C2. The first-order valence-electron chi connectivity index (χ1n) is 5.95. The van der Waals surface area contributed by atoms with E-state index in [-0.39, 0.29) is 0 Å². The molecule has 1 N–H and O–H groups in total. The zero-order valence-electron chi connectivity index (χ0n) is 9.40. The van der Waals surface area contributed by atoms with Crippen molar-refractivity contribution in [1.82, 2.24) is 0 Å². The van der Waals surface area contributed by atoms with E-state index in [1.807, 2.05) is 12.1 Å². The van der Waals surface area contributed by atoms with Crippen molar-refractivity contribution in [1.29, 1.82) is 0 Å². The molecule has 1 aromatic rings. The van der Waals surface area contributed by atoms with Crippen LogP contribution < -0.4 is 4.90 Å². The number of hydrogen-bond donors (Lipinski definition) is 1. The smallest absolute Gasteiger partial charge is 0.338 e. The van der Waals surface area contributed by atoms with E-state index in [9.17, 15) is 9.90 Å². The Morgan fingerprint density at radius 2 is 2.24 bits per heavy atom. The summed E-state index contributed by atoms with van der Waals surface area (Å²) in [5.41, 5.74) is 1.28. The van der Waals surface area contributed by atoms with Gasteiger partial charge in [-0.1, -0.05) is 6.07 Å². The quantitative estimate of drug-likeness (QED) is 0.911. The van der Waals surface area contributed by atoms with Crippen molar-refractivity contribution < 1.29 is 9.90 Å². The summed E-state index contributed by atoms with van der Waals surface area (Å²) >= 11 is 3.34. The Bertz CT molecular complexity index is 474. The zero-order chi connectivity index (χ0) is 12.0. The number of anilines is 1. The Labute approximate surface area is 109 Å². The van der Waals surface area contributed by atoms with Gasteiger partial charge in [0.05, 0.1) is 11.3 Å². The molecule has 2 fully saturated rings. The molecule has 0 spiro atoms. The molecule has 90 valence electrons. The van der Waals surface area contributed by atoms with Crippen molar-refractivity contribution in [3.8, 4) is 0 Å². The van der Waals surface area contributed by atoms with Crippen LogP contribution in [0.25, 0.3) is 0 Å². The molecule has 1 saturated carbocycles. The molecule has 2 aliphatic rings. The van der Waals surface area contributed by atoms with E-state index in [2.05, 4.69) is 20.8 Å². The second-order valence-electron chi connectivity index (χ2n) is 4.92. The van der Waals surface area contributed by atoms with Gasteiger partial charge in [-0.25, -0.2) is 4.79 Å². The molecule has 1 aromatic carbocycles. The first-order chi connectivity index (χ1) is 8.16. The summed E-state index contributed by atoms with van der Waals surface area (Å²) in [4.78, 5) is 13.6. The molecule has 3 rings (SSSR count). The van der Waals surface area contributed by atoms with Crippen molar-refractivity contribution in [3.05, 3.63) is 28.2 Å². The Kier molecular flexibility index (Phi) is 2.62. The average Bonchev–Trinajstić information content (AvgIpc) is 2.89. The number of carboxylic acids is 1. The largest absolute Gasteiger partial charge is 0.478 e. The van der Waals surface area contributed by atoms with Gasteiger partial charge in [0.15, 0.2) is 0 Å². The topological polar surface area (TPSA) is 40.5 Å². The lowest BCUT2D eigenvalue weighted by Gasteiger charge is -2.30. The van der Waals surface area contributed by atoms with Crippen molar-refractivity contribution in [3.63, 3.8) is 0 Å². The number of nitrogens with zero attached hydrogens (tertiary/aromatic N) is 1. The monoisotopic (exact) mass is 295 g/mol. The van der Waals surface area contributed by atoms with Gasteiger partial charge in [0, 0.05) is 17.1 Å². The van der Waals surface area contributed by atoms with Crippen LogP contribution in [0.1, 0.15) is 29.6 Å². The second-order valence-corrected chi connectivity index (χ2v) is 5.78. The lowest BCUT2D eigenvalue weighted by Crippen LogP contribution is -2.33. The number of carboxylic acid groups (broad SMARTS) is 1. The third-order valence-electron chi connectivity index (χ3n) is 3.92. The number of rotatable bonds is 2. The minimum absolute atomic E-state index is 0.403. The molecular weight excluding hydrogens is 282 g/mol. The summed E-state index contributed by atoms with van der Waals surface area (Å²) in [6, 6.07) is 6.18. The number of carbonyl (C=O) groups is 1. The predicted molar refractivity (Wildman–Crippen MR) is 69.6 cm³/mol. The molecule has 1 aliphatic heterocycles. The van der Waals surface area contributed by atoms with Crippen LogP contribution >= 0.6 is 15.9 Å². The van der Waals surface area contributed by atoms with Gasteiger partial charge in [-0.2, -0.15) is 0 Å². The molecule has 0 aromatic heterocycles. The highest BCUT2D eigenvalue weighted by Crippen LogP contribution is 2.42. The van der Waals surface area contributed by atoms with Crippen LogP contribution in [0.15, 0.2) is 22.7 Å². The number of halogens is 1. The molecule has 2 atom stereocenters. The number of aromatic carboxylic acids is 1. The third kappa shape index (κ3) is 1.75. The Hall–Kier alpha value is -1.03. The molecule has 17 heavy (non-hydrogen) atoms. The van der Waals surface area contributed by atoms with Gasteiger partial charge in [0.1, 0.15) is 0 Å². The lowest BCUT2D eigenvalue weighted by molar-refractivity contribution is 0.0696.